The van der Waals surface area contributed by atoms with Crippen molar-refractivity contribution in [2.24, 2.45) is 0 Å². The van der Waals surface area contributed by atoms with Crippen LogP contribution in [0, 0.1) is 0 Å². The molecule has 0 radical (unpaired) electrons. The molecule has 0 bridgehead atoms. The minimum atomic E-state index is -3.14. The summed E-state index contributed by atoms with van der Waals surface area (Å²) in [6.07, 6.45) is 0. The Kier molecular flexibility index (Phi) is 3.74. The molecule has 0 fully saturated rings. The van der Waals surface area contributed by atoms with Crippen molar-refractivity contribution in [3.05, 3.63) is 0 Å². The summed E-state index contributed by atoms with van der Waals surface area (Å²) in [5.74, 6) is 0. The molecular formula is C3H5F2IO2. The van der Waals surface area contributed by atoms with Crippen LogP contribution in [0.1, 0.15) is 0 Å². The Bertz CT molecular complexity index is 62.8. The van der Waals surface area contributed by atoms with E-state index in [0.29, 0.717) is 0 Å². The molecule has 0 amide bonds. The highest BCUT2D eigenvalue weighted by Gasteiger charge is 2.23. The minimum Gasteiger partial charge on any atom is -0.394 e. The summed E-state index contributed by atoms with van der Waals surface area (Å²) in [6.45, 7) is -0.700. The molecule has 0 aliphatic heterocycles. The molecule has 0 aromatic carbocycles. The number of halogens is 3. The quantitative estimate of drug-likeness (QED) is 0.586. The second-order valence-electron chi connectivity index (χ2n) is 1.02. The fourth-order valence-corrected chi connectivity index (χ4v) is 0.382. The molecule has 0 aromatic rings. The van der Waals surface area contributed by atoms with Gasteiger partial charge >= 0.3 is 4.12 Å². The lowest BCUT2D eigenvalue weighted by atomic mass is 10.8. The molecule has 2 nitrogen and oxygen atoms in total. The molecular weight excluding hydrogens is 233 g/mol. The highest BCUT2D eigenvalue weighted by molar-refractivity contribution is 14.1. The standard InChI is InChI=1S/C3H5F2IO2/c4-3(5,6)8-2-1-7/h7H,1-2H2. The Balaban J connectivity index is 3.11. The van der Waals surface area contributed by atoms with Crippen molar-refractivity contribution in [1.82, 2.24) is 0 Å². The Morgan fingerprint density at radius 2 is 2.12 bits per heavy atom. The van der Waals surface area contributed by atoms with E-state index >= 15 is 0 Å². The van der Waals surface area contributed by atoms with Crippen LogP contribution in [0.5, 0.6) is 0 Å². The van der Waals surface area contributed by atoms with Crippen LogP contribution < -0.4 is 0 Å². The molecule has 0 aromatic heterocycles. The number of aliphatic hydroxyl groups excluding tert-OH is 1. The number of aliphatic hydroxyl groups is 1. The van der Waals surface area contributed by atoms with Crippen LogP contribution >= 0.6 is 22.6 Å². The van der Waals surface area contributed by atoms with Gasteiger partial charge in [-0.3, -0.25) is 0 Å². The Morgan fingerprint density at radius 1 is 1.62 bits per heavy atom. The lowest BCUT2D eigenvalue weighted by Gasteiger charge is -2.06. The topological polar surface area (TPSA) is 29.5 Å². The molecule has 0 rings (SSSR count). The summed E-state index contributed by atoms with van der Waals surface area (Å²) in [6, 6.07) is 0. The van der Waals surface area contributed by atoms with Gasteiger partial charge in [-0.05, 0) is 0 Å². The maximum atomic E-state index is 11.6. The lowest BCUT2D eigenvalue weighted by Crippen LogP contribution is -2.13. The summed E-state index contributed by atoms with van der Waals surface area (Å²) < 4.78 is 23.8. The predicted octanol–water partition coefficient (Wildman–Crippen LogP) is 0.981. The van der Waals surface area contributed by atoms with Gasteiger partial charge in [0.15, 0.2) is 0 Å². The summed E-state index contributed by atoms with van der Waals surface area (Å²) in [5, 5.41) is 7.97. The lowest BCUT2D eigenvalue weighted by molar-refractivity contribution is -0.151. The highest BCUT2D eigenvalue weighted by Crippen LogP contribution is 2.22. The number of rotatable bonds is 3. The first-order valence-electron chi connectivity index (χ1n) is 1.88. The van der Waals surface area contributed by atoms with Crippen molar-refractivity contribution in [3.8, 4) is 0 Å². The number of alkyl halides is 3. The van der Waals surface area contributed by atoms with E-state index < -0.39 is 4.12 Å². The smallest absolute Gasteiger partial charge is 0.394 e. The second kappa shape index (κ2) is 3.52. The van der Waals surface area contributed by atoms with Crippen LogP contribution in [0.15, 0.2) is 0 Å². The van der Waals surface area contributed by atoms with E-state index in [1.54, 1.807) is 0 Å². The average Bonchev–Trinajstić information content (AvgIpc) is 1.59. The average molecular weight is 238 g/mol. The third-order valence-corrected chi connectivity index (χ3v) is 0.668. The van der Waals surface area contributed by atoms with Gasteiger partial charge < -0.3 is 9.84 Å². The fraction of sp³-hybridized carbons (Fsp3) is 1.00. The molecule has 0 saturated heterocycles. The van der Waals surface area contributed by atoms with E-state index in [0.717, 1.165) is 22.6 Å². The van der Waals surface area contributed by atoms with Gasteiger partial charge in [0, 0.05) is 22.6 Å². The van der Waals surface area contributed by atoms with Crippen LogP contribution in [-0.4, -0.2) is 22.4 Å². The van der Waals surface area contributed by atoms with Crippen molar-refractivity contribution in [3.63, 3.8) is 0 Å². The largest absolute Gasteiger partial charge is 0.407 e. The van der Waals surface area contributed by atoms with Crippen molar-refractivity contribution in [1.29, 1.82) is 0 Å². The van der Waals surface area contributed by atoms with E-state index in [1.807, 2.05) is 0 Å². The van der Waals surface area contributed by atoms with E-state index in [9.17, 15) is 8.78 Å². The zero-order chi connectivity index (χ0) is 6.62. The fourth-order valence-electron chi connectivity index (χ4n) is 0.161. The zero-order valence-electron chi connectivity index (χ0n) is 3.90. The molecule has 0 aliphatic carbocycles. The molecule has 50 valence electrons. The molecule has 0 heterocycles. The van der Waals surface area contributed by atoms with Crippen LogP contribution in [-0.2, 0) is 4.74 Å². The van der Waals surface area contributed by atoms with Crippen LogP contribution in [0.4, 0.5) is 8.78 Å². The summed E-state index contributed by atoms with van der Waals surface area (Å²) >= 11 is 0.833. The minimum absolute atomic E-state index is 0.323. The zero-order valence-corrected chi connectivity index (χ0v) is 6.06. The first-order chi connectivity index (χ1) is 3.56. The molecule has 0 saturated carbocycles. The Morgan fingerprint density at radius 3 is 2.25 bits per heavy atom. The highest BCUT2D eigenvalue weighted by atomic mass is 127. The normalized spacial score (nSPS) is 12.0. The molecule has 1 N–H and O–H groups in total. The van der Waals surface area contributed by atoms with Crippen molar-refractivity contribution < 1.29 is 18.6 Å². The summed E-state index contributed by atoms with van der Waals surface area (Å²) in [5.41, 5.74) is 0. The molecule has 5 heteroatoms. The van der Waals surface area contributed by atoms with Gasteiger partial charge in [0.2, 0.25) is 0 Å². The van der Waals surface area contributed by atoms with Gasteiger partial charge in [0.1, 0.15) is 0 Å². The maximum absolute atomic E-state index is 11.6. The maximum Gasteiger partial charge on any atom is 0.407 e. The van der Waals surface area contributed by atoms with E-state index in [-0.39, 0.29) is 13.2 Å². The first-order valence-corrected chi connectivity index (χ1v) is 2.95. The second-order valence-corrected chi connectivity index (χ2v) is 2.27. The predicted molar refractivity (Wildman–Crippen MR) is 32.0 cm³/mol. The van der Waals surface area contributed by atoms with E-state index in [4.69, 9.17) is 5.11 Å². The van der Waals surface area contributed by atoms with Crippen molar-refractivity contribution in [2.45, 2.75) is 4.12 Å². The summed E-state index contributed by atoms with van der Waals surface area (Å²) in [4.78, 5) is 0. The van der Waals surface area contributed by atoms with E-state index in [1.165, 1.54) is 0 Å². The molecule has 8 heavy (non-hydrogen) atoms. The van der Waals surface area contributed by atoms with Crippen LogP contribution in [0.3, 0.4) is 0 Å². The molecule has 0 unspecified atom stereocenters. The van der Waals surface area contributed by atoms with E-state index in [2.05, 4.69) is 4.74 Å². The number of hydrogen-bond acceptors (Lipinski definition) is 2. The van der Waals surface area contributed by atoms with Gasteiger partial charge in [-0.2, -0.15) is 8.78 Å². The molecule has 0 atom stereocenters. The first kappa shape index (κ1) is 8.51. The van der Waals surface area contributed by atoms with Gasteiger partial charge in [-0.25, -0.2) is 0 Å². The Hall–Kier alpha value is 0.510. The third kappa shape index (κ3) is 6.51. The number of hydrogen-bond donors (Lipinski definition) is 1. The SMILES string of the molecule is OCCOC(F)(F)I. The van der Waals surface area contributed by atoms with Crippen LogP contribution in [0.2, 0.25) is 0 Å². The molecule has 0 aliphatic rings. The van der Waals surface area contributed by atoms with Gasteiger partial charge in [0.25, 0.3) is 0 Å². The molecule has 0 spiro atoms. The number of ether oxygens (including phenoxy) is 1. The van der Waals surface area contributed by atoms with Crippen molar-refractivity contribution >= 4 is 22.6 Å². The van der Waals surface area contributed by atoms with Gasteiger partial charge in [-0.1, -0.05) is 0 Å². The van der Waals surface area contributed by atoms with Gasteiger partial charge in [-0.15, -0.1) is 0 Å². The third-order valence-electron chi connectivity index (χ3n) is 0.357. The Labute approximate surface area is 59.0 Å². The summed E-state index contributed by atoms with van der Waals surface area (Å²) in [7, 11) is 0. The van der Waals surface area contributed by atoms with Crippen molar-refractivity contribution in [2.75, 3.05) is 13.2 Å². The monoisotopic (exact) mass is 238 g/mol. The van der Waals surface area contributed by atoms with Gasteiger partial charge in [0.05, 0.1) is 13.2 Å². The van der Waals surface area contributed by atoms with Crippen LogP contribution in [0.25, 0.3) is 0 Å².